The number of Topliss-reactive ketones (excluding diaryl/α,β-unsaturated/α-hetero) is 1. The van der Waals surface area contributed by atoms with E-state index in [1.165, 1.54) is 0 Å². The van der Waals surface area contributed by atoms with E-state index in [-0.39, 0.29) is 17.3 Å². The Hall–Kier alpha value is -1.31. The second-order valence-corrected chi connectivity index (χ2v) is 4.87. The Morgan fingerprint density at radius 1 is 1.47 bits per heavy atom. The van der Waals surface area contributed by atoms with Crippen LogP contribution in [0.25, 0.3) is 0 Å². The minimum Gasteiger partial charge on any atom is -0.486 e. The molecular formula is C13H14O2. The summed E-state index contributed by atoms with van der Waals surface area (Å²) in [6.07, 6.45) is 1.97. The van der Waals surface area contributed by atoms with Crippen molar-refractivity contribution < 1.29 is 9.53 Å². The van der Waals surface area contributed by atoms with Crippen LogP contribution in [0.3, 0.4) is 0 Å². The molecule has 0 radical (unpaired) electrons. The summed E-state index contributed by atoms with van der Waals surface area (Å²) < 4.78 is 5.95. The average molecular weight is 202 g/mol. The smallest absolute Gasteiger partial charge is 0.173 e. The van der Waals surface area contributed by atoms with E-state index >= 15 is 0 Å². The van der Waals surface area contributed by atoms with Crippen molar-refractivity contribution in [2.45, 2.75) is 32.3 Å². The van der Waals surface area contributed by atoms with Crippen LogP contribution in [0.4, 0.5) is 0 Å². The van der Waals surface area contributed by atoms with Gasteiger partial charge in [-0.25, -0.2) is 0 Å². The van der Waals surface area contributed by atoms with E-state index in [2.05, 4.69) is 0 Å². The lowest BCUT2D eigenvalue weighted by Crippen LogP contribution is -2.55. The van der Waals surface area contributed by atoms with Gasteiger partial charge in [-0.1, -0.05) is 6.07 Å². The third kappa shape index (κ3) is 1.08. The summed E-state index contributed by atoms with van der Waals surface area (Å²) in [6, 6.07) is 5.83. The Labute approximate surface area is 89.2 Å². The number of aryl methyl sites for hydroxylation is 1. The fourth-order valence-electron chi connectivity index (χ4n) is 2.58. The highest BCUT2D eigenvalue weighted by atomic mass is 16.5. The molecule has 2 nitrogen and oxygen atoms in total. The molecule has 0 bridgehead atoms. The highest BCUT2D eigenvalue weighted by Gasteiger charge is 2.52. The topological polar surface area (TPSA) is 26.3 Å². The van der Waals surface area contributed by atoms with Crippen molar-refractivity contribution in [2.24, 2.45) is 5.92 Å². The van der Waals surface area contributed by atoms with Crippen LogP contribution < -0.4 is 4.74 Å². The maximum Gasteiger partial charge on any atom is 0.173 e. The second-order valence-electron chi connectivity index (χ2n) is 4.87. The number of ketones is 1. The SMILES string of the molecule is Cc1ccc2c(c1)O[C@]1(C)CC[C@@H]1C2=O. The molecule has 1 aromatic carbocycles. The molecule has 0 unspecified atom stereocenters. The van der Waals surface area contributed by atoms with E-state index in [0.717, 1.165) is 29.7 Å². The maximum atomic E-state index is 12.1. The number of carbonyl (C=O) groups excluding carboxylic acids is 1. The van der Waals surface area contributed by atoms with Crippen LogP contribution in [0.2, 0.25) is 0 Å². The molecule has 1 aromatic rings. The summed E-state index contributed by atoms with van der Waals surface area (Å²) >= 11 is 0. The summed E-state index contributed by atoms with van der Waals surface area (Å²) in [5, 5.41) is 0. The van der Waals surface area contributed by atoms with E-state index in [9.17, 15) is 4.79 Å². The highest BCUT2D eigenvalue weighted by Crippen LogP contribution is 2.48. The molecule has 2 aliphatic rings. The number of rotatable bonds is 0. The number of fused-ring (bicyclic) bond motifs is 2. The summed E-state index contributed by atoms with van der Waals surface area (Å²) in [5.41, 5.74) is 1.68. The Balaban J connectivity index is 2.13. The minimum atomic E-state index is -0.224. The zero-order valence-corrected chi connectivity index (χ0v) is 9.04. The van der Waals surface area contributed by atoms with Crippen LogP contribution in [0.15, 0.2) is 18.2 Å². The highest BCUT2D eigenvalue weighted by molar-refractivity contribution is 6.02. The van der Waals surface area contributed by atoms with Crippen molar-refractivity contribution in [3.63, 3.8) is 0 Å². The number of benzene rings is 1. The van der Waals surface area contributed by atoms with Gasteiger partial charge in [0.15, 0.2) is 5.78 Å². The van der Waals surface area contributed by atoms with E-state index in [0.29, 0.717) is 0 Å². The minimum absolute atomic E-state index is 0.0905. The van der Waals surface area contributed by atoms with Crippen LogP contribution >= 0.6 is 0 Å². The molecule has 1 heterocycles. The van der Waals surface area contributed by atoms with Crippen molar-refractivity contribution in [2.75, 3.05) is 0 Å². The molecule has 1 aliphatic heterocycles. The Morgan fingerprint density at radius 2 is 2.27 bits per heavy atom. The fourth-order valence-corrected chi connectivity index (χ4v) is 2.58. The molecule has 2 atom stereocenters. The molecule has 0 spiro atoms. The van der Waals surface area contributed by atoms with Gasteiger partial charge < -0.3 is 4.74 Å². The molecule has 0 N–H and O–H groups in total. The molecular weight excluding hydrogens is 188 g/mol. The molecule has 0 aromatic heterocycles. The first-order chi connectivity index (χ1) is 7.10. The quantitative estimate of drug-likeness (QED) is 0.646. The van der Waals surface area contributed by atoms with Gasteiger partial charge >= 0.3 is 0 Å². The van der Waals surface area contributed by atoms with Crippen LogP contribution in [-0.2, 0) is 0 Å². The molecule has 3 rings (SSSR count). The zero-order chi connectivity index (χ0) is 10.6. The molecule has 0 amide bonds. The van der Waals surface area contributed by atoms with Gasteiger partial charge in [-0.3, -0.25) is 4.79 Å². The van der Waals surface area contributed by atoms with Crippen molar-refractivity contribution in [3.8, 4) is 5.75 Å². The largest absolute Gasteiger partial charge is 0.486 e. The lowest BCUT2D eigenvalue weighted by molar-refractivity contribution is -0.0489. The molecule has 78 valence electrons. The van der Waals surface area contributed by atoms with Crippen LogP contribution in [0.1, 0.15) is 35.7 Å². The Morgan fingerprint density at radius 3 is 2.93 bits per heavy atom. The van der Waals surface area contributed by atoms with Gasteiger partial charge in [-0.2, -0.15) is 0 Å². The Kier molecular flexibility index (Phi) is 1.57. The van der Waals surface area contributed by atoms with E-state index < -0.39 is 0 Å². The molecule has 2 heteroatoms. The third-order valence-corrected chi connectivity index (χ3v) is 3.73. The zero-order valence-electron chi connectivity index (χ0n) is 9.04. The summed E-state index contributed by atoms with van der Waals surface area (Å²) in [4.78, 5) is 12.1. The normalized spacial score (nSPS) is 32.4. The van der Waals surface area contributed by atoms with Gasteiger partial charge in [0, 0.05) is 0 Å². The standard InChI is InChI=1S/C13H14O2/c1-8-3-4-9-11(7-8)15-13(2)6-5-10(13)12(9)14/h3-4,7,10H,5-6H2,1-2H3/t10-,13-/m1/s1. The molecule has 1 aliphatic carbocycles. The molecule has 1 saturated carbocycles. The van der Waals surface area contributed by atoms with Gasteiger partial charge in [0.1, 0.15) is 11.4 Å². The van der Waals surface area contributed by atoms with Crippen LogP contribution in [0, 0.1) is 12.8 Å². The van der Waals surface area contributed by atoms with E-state index in [1.807, 2.05) is 32.0 Å². The van der Waals surface area contributed by atoms with Crippen LogP contribution in [-0.4, -0.2) is 11.4 Å². The van der Waals surface area contributed by atoms with Crippen molar-refractivity contribution in [3.05, 3.63) is 29.3 Å². The maximum absolute atomic E-state index is 12.1. The van der Waals surface area contributed by atoms with Gasteiger partial charge in [0.2, 0.25) is 0 Å². The number of hydrogen-bond donors (Lipinski definition) is 0. The summed E-state index contributed by atoms with van der Waals surface area (Å²) in [7, 11) is 0. The Bertz CT molecular complexity index is 450. The summed E-state index contributed by atoms with van der Waals surface area (Å²) in [6.45, 7) is 4.06. The average Bonchev–Trinajstić information content (AvgIpc) is 2.14. The number of carbonyl (C=O) groups is 1. The van der Waals surface area contributed by atoms with Crippen LogP contribution in [0.5, 0.6) is 5.75 Å². The number of ether oxygens (including phenoxy) is 1. The molecule has 15 heavy (non-hydrogen) atoms. The first kappa shape index (κ1) is 8.96. The van der Waals surface area contributed by atoms with Gasteiger partial charge in [-0.05, 0) is 44.4 Å². The predicted molar refractivity (Wildman–Crippen MR) is 57.3 cm³/mol. The number of hydrogen-bond acceptors (Lipinski definition) is 2. The lowest BCUT2D eigenvalue weighted by Gasteiger charge is -2.49. The monoisotopic (exact) mass is 202 g/mol. The first-order valence-corrected chi connectivity index (χ1v) is 5.44. The first-order valence-electron chi connectivity index (χ1n) is 5.44. The fraction of sp³-hybridized carbons (Fsp3) is 0.462. The van der Waals surface area contributed by atoms with Crippen molar-refractivity contribution in [1.82, 2.24) is 0 Å². The van der Waals surface area contributed by atoms with Crippen molar-refractivity contribution >= 4 is 5.78 Å². The molecule has 0 saturated heterocycles. The van der Waals surface area contributed by atoms with Gasteiger partial charge in [0.25, 0.3) is 0 Å². The predicted octanol–water partition coefficient (Wildman–Crippen LogP) is 2.74. The van der Waals surface area contributed by atoms with Gasteiger partial charge in [0.05, 0.1) is 11.5 Å². The third-order valence-electron chi connectivity index (χ3n) is 3.73. The molecule has 1 fully saturated rings. The van der Waals surface area contributed by atoms with Crippen molar-refractivity contribution in [1.29, 1.82) is 0 Å². The summed E-state index contributed by atoms with van der Waals surface area (Å²) in [5.74, 6) is 1.14. The lowest BCUT2D eigenvalue weighted by atomic mass is 9.65. The second kappa shape index (κ2) is 2.63. The van der Waals surface area contributed by atoms with E-state index in [1.54, 1.807) is 0 Å². The van der Waals surface area contributed by atoms with Gasteiger partial charge in [-0.15, -0.1) is 0 Å². The van der Waals surface area contributed by atoms with E-state index in [4.69, 9.17) is 4.74 Å².